The van der Waals surface area contributed by atoms with Crippen LogP contribution >= 0.6 is 0 Å². The Balaban J connectivity index is 1.65. The lowest BCUT2D eigenvalue weighted by Gasteiger charge is -2.38. The van der Waals surface area contributed by atoms with E-state index >= 15 is 0 Å². The molecule has 0 aromatic heterocycles. The molecular formula is C26H36O8Si. The summed E-state index contributed by atoms with van der Waals surface area (Å²) in [5.74, 6) is -1.10. The van der Waals surface area contributed by atoms with Crippen LogP contribution in [0, 0.1) is 0 Å². The number of ether oxygens (including phenoxy) is 4. The molecule has 8 nitrogen and oxygen atoms in total. The Hall–Kier alpha value is -2.33. The van der Waals surface area contributed by atoms with E-state index in [0.29, 0.717) is 5.56 Å². The molecule has 1 aromatic carbocycles. The predicted molar refractivity (Wildman–Crippen MR) is 131 cm³/mol. The monoisotopic (exact) mass is 504 g/mol. The molecule has 1 saturated heterocycles. The van der Waals surface area contributed by atoms with Gasteiger partial charge >= 0.3 is 5.97 Å². The van der Waals surface area contributed by atoms with E-state index < -0.39 is 45.0 Å². The van der Waals surface area contributed by atoms with E-state index in [-0.39, 0.29) is 36.1 Å². The number of hydrogen-bond donors (Lipinski definition) is 0. The van der Waals surface area contributed by atoms with Crippen LogP contribution in [-0.4, -0.2) is 63.2 Å². The summed E-state index contributed by atoms with van der Waals surface area (Å²) >= 11 is 0. The van der Waals surface area contributed by atoms with Crippen LogP contribution in [0.1, 0.15) is 50.9 Å². The molecule has 0 radical (unpaired) electrons. The summed E-state index contributed by atoms with van der Waals surface area (Å²) in [6, 6.07) is 8.47. The fraction of sp³-hybridized carbons (Fsp3) is 0.577. The van der Waals surface area contributed by atoms with Crippen molar-refractivity contribution in [2.24, 2.45) is 0 Å². The van der Waals surface area contributed by atoms with Crippen molar-refractivity contribution in [1.82, 2.24) is 0 Å². The van der Waals surface area contributed by atoms with E-state index in [0.717, 1.165) is 0 Å². The highest BCUT2D eigenvalue weighted by Crippen LogP contribution is 2.37. The molecule has 0 saturated carbocycles. The van der Waals surface area contributed by atoms with Crippen molar-refractivity contribution in [2.75, 3.05) is 6.61 Å². The van der Waals surface area contributed by atoms with Crippen molar-refractivity contribution < 1.29 is 37.8 Å². The Bertz CT molecular complexity index is 936. The number of hydrogen-bond acceptors (Lipinski definition) is 8. The lowest BCUT2D eigenvalue weighted by Crippen LogP contribution is -2.49. The third-order valence-corrected chi connectivity index (χ3v) is 11.3. The molecule has 2 aliphatic rings. The summed E-state index contributed by atoms with van der Waals surface area (Å²) in [5.41, 5.74) is 0.353. The first kappa shape index (κ1) is 27.3. The number of ketones is 2. The maximum Gasteiger partial charge on any atom is 0.338 e. The standard InChI is InChI=1S/C26H36O8Si/c1-17-23(34-25(29)18-10-8-7-9-11-18)19(27)12-13-22(32-17)33-24-20(28)14-15-30-21(24)16-31-35(5,6)26(2,3)4/h7-11,14-15,17,21-24H,12-13,16H2,1-6H3/t17-,21-,22-,23-,24+/m1/s1. The van der Waals surface area contributed by atoms with Crippen LogP contribution < -0.4 is 0 Å². The summed E-state index contributed by atoms with van der Waals surface area (Å²) in [6.45, 7) is 12.5. The van der Waals surface area contributed by atoms with Crippen LogP contribution in [0.5, 0.6) is 0 Å². The molecule has 0 bridgehead atoms. The SMILES string of the molecule is C[C@H]1O[C@H](O[C@H]2C(=O)C=CO[C@@H]2CO[Si](C)(C)C(C)(C)C)CCC(=O)[C@@H]1OC(=O)c1ccccc1. The fourth-order valence-electron chi connectivity index (χ4n) is 3.57. The van der Waals surface area contributed by atoms with Gasteiger partial charge < -0.3 is 23.4 Å². The Kier molecular flexibility index (Phi) is 8.69. The molecule has 1 fully saturated rings. The molecule has 192 valence electrons. The second kappa shape index (κ2) is 11.2. The lowest BCUT2D eigenvalue weighted by molar-refractivity contribution is -0.218. The summed E-state index contributed by atoms with van der Waals surface area (Å²) in [5, 5.41) is 0.00422. The highest BCUT2D eigenvalue weighted by atomic mass is 28.4. The Morgan fingerprint density at radius 2 is 1.80 bits per heavy atom. The number of Topliss-reactive ketones (excluding diaryl/α,β-unsaturated/α-hetero) is 1. The van der Waals surface area contributed by atoms with Crippen LogP contribution in [0.2, 0.25) is 18.1 Å². The van der Waals surface area contributed by atoms with Crippen molar-refractivity contribution in [3.8, 4) is 0 Å². The van der Waals surface area contributed by atoms with Gasteiger partial charge in [-0.2, -0.15) is 0 Å². The van der Waals surface area contributed by atoms with Crippen molar-refractivity contribution in [3.63, 3.8) is 0 Å². The van der Waals surface area contributed by atoms with Gasteiger partial charge in [-0.15, -0.1) is 0 Å². The van der Waals surface area contributed by atoms with Gasteiger partial charge in [-0.1, -0.05) is 39.0 Å². The van der Waals surface area contributed by atoms with E-state index in [1.54, 1.807) is 37.3 Å². The maximum atomic E-state index is 12.7. The number of carbonyl (C=O) groups is 3. The van der Waals surface area contributed by atoms with Gasteiger partial charge in [0, 0.05) is 18.9 Å². The smallest absolute Gasteiger partial charge is 0.338 e. The molecule has 2 aliphatic heterocycles. The minimum absolute atomic E-state index is 0.00422. The number of rotatable bonds is 7. The maximum absolute atomic E-state index is 12.7. The van der Waals surface area contributed by atoms with Crippen LogP contribution in [0.15, 0.2) is 42.7 Å². The molecule has 35 heavy (non-hydrogen) atoms. The zero-order valence-electron chi connectivity index (χ0n) is 21.3. The minimum Gasteiger partial charge on any atom is -0.492 e. The molecule has 0 N–H and O–H groups in total. The van der Waals surface area contributed by atoms with Gasteiger partial charge in [0.1, 0.15) is 6.10 Å². The second-order valence-electron chi connectivity index (χ2n) is 10.5. The van der Waals surface area contributed by atoms with Crippen molar-refractivity contribution in [1.29, 1.82) is 0 Å². The summed E-state index contributed by atoms with van der Waals surface area (Å²) in [7, 11) is -2.07. The molecule has 0 aliphatic carbocycles. The zero-order valence-corrected chi connectivity index (χ0v) is 22.3. The Morgan fingerprint density at radius 1 is 1.11 bits per heavy atom. The molecule has 0 unspecified atom stereocenters. The zero-order chi connectivity index (χ0) is 25.8. The number of carbonyl (C=O) groups excluding carboxylic acids is 3. The topological polar surface area (TPSA) is 97.4 Å². The molecular weight excluding hydrogens is 468 g/mol. The average molecular weight is 505 g/mol. The normalized spacial score (nSPS) is 27.8. The molecule has 0 amide bonds. The van der Waals surface area contributed by atoms with Crippen LogP contribution in [0.4, 0.5) is 0 Å². The first-order valence-electron chi connectivity index (χ1n) is 12.0. The van der Waals surface area contributed by atoms with Crippen molar-refractivity contribution in [3.05, 3.63) is 48.2 Å². The van der Waals surface area contributed by atoms with Gasteiger partial charge in [0.15, 0.2) is 44.5 Å². The first-order chi connectivity index (χ1) is 16.4. The molecule has 2 heterocycles. The van der Waals surface area contributed by atoms with E-state index in [4.69, 9.17) is 23.4 Å². The third kappa shape index (κ3) is 6.88. The van der Waals surface area contributed by atoms with Crippen LogP contribution in [0.3, 0.4) is 0 Å². The molecule has 3 rings (SSSR count). The van der Waals surface area contributed by atoms with Crippen molar-refractivity contribution >= 4 is 25.9 Å². The highest BCUT2D eigenvalue weighted by Gasteiger charge is 2.42. The minimum atomic E-state index is -2.07. The molecule has 5 atom stereocenters. The predicted octanol–water partition coefficient (Wildman–Crippen LogP) is 4.19. The van der Waals surface area contributed by atoms with E-state index in [9.17, 15) is 14.4 Å². The highest BCUT2D eigenvalue weighted by molar-refractivity contribution is 6.74. The number of esters is 1. The van der Waals surface area contributed by atoms with Crippen molar-refractivity contribution in [2.45, 2.75) is 89.4 Å². The van der Waals surface area contributed by atoms with Gasteiger partial charge in [-0.25, -0.2) is 4.79 Å². The quantitative estimate of drug-likeness (QED) is 0.403. The van der Waals surface area contributed by atoms with Gasteiger partial charge in [0.2, 0.25) is 0 Å². The second-order valence-corrected chi connectivity index (χ2v) is 15.3. The lowest BCUT2D eigenvalue weighted by atomic mass is 10.1. The van der Waals surface area contributed by atoms with E-state index in [1.807, 2.05) is 0 Å². The van der Waals surface area contributed by atoms with E-state index in [2.05, 4.69) is 33.9 Å². The Morgan fingerprint density at radius 3 is 2.46 bits per heavy atom. The van der Waals surface area contributed by atoms with Gasteiger partial charge in [-0.05, 0) is 37.2 Å². The molecule has 1 aromatic rings. The molecule has 0 spiro atoms. The average Bonchev–Trinajstić information content (AvgIpc) is 2.92. The van der Waals surface area contributed by atoms with Crippen LogP contribution in [-0.2, 0) is 33.0 Å². The summed E-state index contributed by atoms with van der Waals surface area (Å²) in [6.07, 6.45) is -1.21. The summed E-state index contributed by atoms with van der Waals surface area (Å²) in [4.78, 5) is 37.9. The third-order valence-electron chi connectivity index (χ3n) is 6.80. The fourth-order valence-corrected chi connectivity index (χ4v) is 4.58. The Labute approximate surface area is 208 Å². The largest absolute Gasteiger partial charge is 0.492 e. The van der Waals surface area contributed by atoms with Gasteiger partial charge in [-0.3, -0.25) is 9.59 Å². The van der Waals surface area contributed by atoms with Crippen LogP contribution in [0.25, 0.3) is 0 Å². The first-order valence-corrected chi connectivity index (χ1v) is 14.9. The van der Waals surface area contributed by atoms with Gasteiger partial charge in [0.25, 0.3) is 0 Å². The molecule has 9 heteroatoms. The summed E-state index contributed by atoms with van der Waals surface area (Å²) < 4.78 is 29.4. The van der Waals surface area contributed by atoms with E-state index in [1.165, 1.54) is 12.3 Å². The van der Waals surface area contributed by atoms with Gasteiger partial charge in [0.05, 0.1) is 18.4 Å². The number of benzene rings is 1.